The highest BCUT2D eigenvalue weighted by atomic mass is 19.1. The predicted molar refractivity (Wildman–Crippen MR) is 109 cm³/mol. The van der Waals surface area contributed by atoms with Crippen LogP contribution < -0.4 is 0 Å². The van der Waals surface area contributed by atoms with Crippen molar-refractivity contribution in [2.45, 2.75) is 116 Å². The maximum Gasteiger partial charge on any atom is 0.160 e. The van der Waals surface area contributed by atoms with Crippen LogP contribution in [0.5, 0.6) is 0 Å². The second kappa shape index (κ2) is 10.6. The third-order valence-corrected chi connectivity index (χ3v) is 7.74. The molecule has 0 N–H and O–H groups in total. The van der Waals surface area contributed by atoms with Crippen molar-refractivity contribution in [2.75, 3.05) is 13.2 Å². The zero-order valence-electron chi connectivity index (χ0n) is 17.9. The Kier molecular flexibility index (Phi) is 8.44. The summed E-state index contributed by atoms with van der Waals surface area (Å²) in [4.78, 5) is 0. The normalized spacial score (nSPS) is 40.8. The zero-order valence-corrected chi connectivity index (χ0v) is 17.9. The first-order valence-corrected chi connectivity index (χ1v) is 12.1. The minimum atomic E-state index is -1.25. The molecular formula is C24H43FO2. The summed E-state index contributed by atoms with van der Waals surface area (Å²) >= 11 is 0. The first-order valence-electron chi connectivity index (χ1n) is 12.1. The molecule has 0 spiro atoms. The van der Waals surface area contributed by atoms with Crippen LogP contribution in [0, 0.1) is 23.7 Å². The van der Waals surface area contributed by atoms with E-state index in [9.17, 15) is 0 Å². The van der Waals surface area contributed by atoms with Crippen molar-refractivity contribution in [3.8, 4) is 0 Å². The van der Waals surface area contributed by atoms with Gasteiger partial charge in [0.15, 0.2) is 12.0 Å². The SMILES string of the molecule is CCCCCC1CCC(C2(F)COC(C3CCC(CCC)CC3)OC2)CC1. The van der Waals surface area contributed by atoms with E-state index in [4.69, 9.17) is 9.47 Å². The summed E-state index contributed by atoms with van der Waals surface area (Å²) in [6, 6.07) is 0. The highest BCUT2D eigenvalue weighted by molar-refractivity contribution is 4.93. The fraction of sp³-hybridized carbons (Fsp3) is 1.00. The molecule has 2 nitrogen and oxygen atoms in total. The van der Waals surface area contributed by atoms with Crippen molar-refractivity contribution in [1.82, 2.24) is 0 Å². The summed E-state index contributed by atoms with van der Waals surface area (Å²) in [6.07, 6.45) is 17.2. The highest BCUT2D eigenvalue weighted by Gasteiger charge is 2.46. The van der Waals surface area contributed by atoms with E-state index in [0.717, 1.165) is 24.7 Å². The molecule has 1 saturated heterocycles. The molecule has 0 bridgehead atoms. The Morgan fingerprint density at radius 2 is 1.33 bits per heavy atom. The van der Waals surface area contributed by atoms with Crippen molar-refractivity contribution in [3.05, 3.63) is 0 Å². The second-order valence-corrected chi connectivity index (χ2v) is 9.81. The molecule has 3 heteroatoms. The van der Waals surface area contributed by atoms with Gasteiger partial charge >= 0.3 is 0 Å². The van der Waals surface area contributed by atoms with Crippen molar-refractivity contribution in [3.63, 3.8) is 0 Å². The number of halogens is 1. The van der Waals surface area contributed by atoms with Crippen molar-refractivity contribution in [1.29, 1.82) is 0 Å². The van der Waals surface area contributed by atoms with E-state index in [1.54, 1.807) is 0 Å². The lowest BCUT2D eigenvalue weighted by molar-refractivity contribution is -0.268. The summed E-state index contributed by atoms with van der Waals surface area (Å²) in [5.74, 6) is 2.34. The van der Waals surface area contributed by atoms with E-state index < -0.39 is 5.67 Å². The van der Waals surface area contributed by atoms with Crippen LogP contribution in [0.15, 0.2) is 0 Å². The number of alkyl halides is 1. The number of hydrogen-bond donors (Lipinski definition) is 0. The molecule has 1 heterocycles. The van der Waals surface area contributed by atoms with Crippen LogP contribution in [-0.4, -0.2) is 25.2 Å². The van der Waals surface area contributed by atoms with Gasteiger partial charge in [-0.25, -0.2) is 4.39 Å². The number of rotatable bonds is 8. The average Bonchev–Trinajstić information content (AvgIpc) is 2.70. The third-order valence-electron chi connectivity index (χ3n) is 7.74. The lowest BCUT2D eigenvalue weighted by atomic mass is 9.73. The van der Waals surface area contributed by atoms with E-state index in [2.05, 4.69) is 13.8 Å². The van der Waals surface area contributed by atoms with Crippen molar-refractivity contribution < 1.29 is 13.9 Å². The van der Waals surface area contributed by atoms with Crippen LogP contribution >= 0.6 is 0 Å². The first kappa shape index (κ1) is 21.6. The van der Waals surface area contributed by atoms with Gasteiger partial charge in [0.05, 0.1) is 13.2 Å². The van der Waals surface area contributed by atoms with Gasteiger partial charge in [-0.2, -0.15) is 0 Å². The Balaban J connectivity index is 1.38. The number of unbranched alkanes of at least 4 members (excludes halogenated alkanes) is 2. The van der Waals surface area contributed by atoms with Crippen LogP contribution in [0.1, 0.15) is 104 Å². The molecule has 0 atom stereocenters. The Labute approximate surface area is 167 Å². The fourth-order valence-electron chi connectivity index (χ4n) is 5.85. The first-order chi connectivity index (χ1) is 13.1. The molecule has 0 aromatic heterocycles. The van der Waals surface area contributed by atoms with E-state index in [1.807, 2.05) is 0 Å². The topological polar surface area (TPSA) is 18.5 Å². The largest absolute Gasteiger partial charge is 0.349 e. The van der Waals surface area contributed by atoms with Gasteiger partial charge < -0.3 is 9.47 Å². The quantitative estimate of drug-likeness (QED) is 0.418. The minimum Gasteiger partial charge on any atom is -0.349 e. The average molecular weight is 383 g/mol. The minimum absolute atomic E-state index is 0.140. The van der Waals surface area contributed by atoms with Gasteiger partial charge in [0.2, 0.25) is 0 Å². The molecule has 158 valence electrons. The molecular weight excluding hydrogens is 339 g/mol. The van der Waals surface area contributed by atoms with E-state index >= 15 is 4.39 Å². The lowest BCUT2D eigenvalue weighted by Gasteiger charge is -2.44. The standard InChI is InChI=1S/C24H43FO2/c1-3-5-6-8-20-11-15-22(16-12-20)24(25)17-26-23(27-18-24)21-13-9-19(7-4-2)10-14-21/h19-23H,3-18H2,1-2H3. The molecule has 27 heavy (non-hydrogen) atoms. The molecule has 0 amide bonds. The monoisotopic (exact) mass is 382 g/mol. The maximum absolute atomic E-state index is 15.5. The summed E-state index contributed by atoms with van der Waals surface area (Å²) in [6.45, 7) is 5.06. The summed E-state index contributed by atoms with van der Waals surface area (Å²) in [5, 5.41) is 0. The Bertz CT molecular complexity index is 403. The molecule has 3 fully saturated rings. The number of hydrogen-bond acceptors (Lipinski definition) is 2. The van der Waals surface area contributed by atoms with Crippen molar-refractivity contribution in [2.24, 2.45) is 23.7 Å². The van der Waals surface area contributed by atoms with Gasteiger partial charge in [-0.3, -0.25) is 0 Å². The van der Waals surface area contributed by atoms with Gasteiger partial charge in [-0.15, -0.1) is 0 Å². The van der Waals surface area contributed by atoms with Crippen LogP contribution in [0.2, 0.25) is 0 Å². The zero-order chi connectivity index (χ0) is 19.1. The fourth-order valence-corrected chi connectivity index (χ4v) is 5.85. The molecule has 2 aliphatic carbocycles. The van der Waals surface area contributed by atoms with E-state index in [1.165, 1.54) is 77.0 Å². The summed E-state index contributed by atoms with van der Waals surface area (Å²) in [7, 11) is 0. The van der Waals surface area contributed by atoms with E-state index in [0.29, 0.717) is 5.92 Å². The van der Waals surface area contributed by atoms with E-state index in [-0.39, 0.29) is 25.4 Å². The molecule has 3 rings (SSSR count). The molecule has 0 radical (unpaired) electrons. The van der Waals surface area contributed by atoms with Crippen molar-refractivity contribution >= 4 is 0 Å². The van der Waals surface area contributed by atoms with Gasteiger partial charge in [-0.05, 0) is 56.3 Å². The molecule has 1 aliphatic heterocycles. The molecule has 3 aliphatic rings. The molecule has 2 saturated carbocycles. The van der Waals surface area contributed by atoms with Crippen LogP contribution in [0.25, 0.3) is 0 Å². The molecule has 0 aromatic rings. The Morgan fingerprint density at radius 3 is 1.93 bits per heavy atom. The number of ether oxygens (including phenoxy) is 2. The summed E-state index contributed by atoms with van der Waals surface area (Å²) in [5.41, 5.74) is -1.25. The van der Waals surface area contributed by atoms with Crippen LogP contribution in [0.3, 0.4) is 0 Å². The van der Waals surface area contributed by atoms with Gasteiger partial charge in [0.1, 0.15) is 0 Å². The maximum atomic E-state index is 15.5. The van der Waals surface area contributed by atoms with Crippen LogP contribution in [0.4, 0.5) is 4.39 Å². The smallest absolute Gasteiger partial charge is 0.160 e. The Hall–Kier alpha value is -0.150. The van der Waals surface area contributed by atoms with Gasteiger partial charge in [-0.1, -0.05) is 65.2 Å². The summed E-state index contributed by atoms with van der Waals surface area (Å²) < 4.78 is 27.5. The lowest BCUT2D eigenvalue weighted by Crippen LogP contribution is -2.51. The second-order valence-electron chi connectivity index (χ2n) is 9.81. The van der Waals surface area contributed by atoms with Gasteiger partial charge in [0, 0.05) is 5.92 Å². The van der Waals surface area contributed by atoms with Gasteiger partial charge in [0.25, 0.3) is 0 Å². The third kappa shape index (κ3) is 5.92. The van der Waals surface area contributed by atoms with Crippen LogP contribution in [-0.2, 0) is 9.47 Å². The molecule has 0 unspecified atom stereocenters. The molecule has 0 aromatic carbocycles. The highest BCUT2D eigenvalue weighted by Crippen LogP contribution is 2.43. The predicted octanol–water partition coefficient (Wildman–Crippen LogP) is 7.06. The Morgan fingerprint density at radius 1 is 0.741 bits per heavy atom.